The van der Waals surface area contributed by atoms with Gasteiger partial charge in [-0.15, -0.1) is 0 Å². The smallest absolute Gasteiger partial charge is 0.241 e. The highest BCUT2D eigenvalue weighted by molar-refractivity contribution is 5.96. The van der Waals surface area contributed by atoms with Crippen molar-refractivity contribution >= 4 is 11.6 Å². The molecule has 0 saturated carbocycles. The van der Waals surface area contributed by atoms with Crippen LogP contribution in [0.5, 0.6) is 5.75 Å². The van der Waals surface area contributed by atoms with E-state index in [9.17, 15) is 15.0 Å². The molecule has 0 radical (unpaired) electrons. The molecule has 1 saturated heterocycles. The molecule has 0 unspecified atom stereocenters. The van der Waals surface area contributed by atoms with Crippen molar-refractivity contribution in [2.75, 3.05) is 37.7 Å². The van der Waals surface area contributed by atoms with E-state index < -0.39 is 11.7 Å². The van der Waals surface area contributed by atoms with Gasteiger partial charge in [-0.1, -0.05) is 12.1 Å². The van der Waals surface area contributed by atoms with Crippen molar-refractivity contribution in [3.8, 4) is 5.75 Å². The predicted octanol–water partition coefficient (Wildman–Crippen LogP) is 0.230. The van der Waals surface area contributed by atoms with Crippen LogP contribution in [0.15, 0.2) is 24.3 Å². The van der Waals surface area contributed by atoms with Crippen LogP contribution in [0, 0.1) is 0 Å². The maximum absolute atomic E-state index is 12.6. The number of likely N-dealkylation sites (tertiary alicyclic amines) is 1. The number of carbonyl (C=O) groups excluding carboxylic acids is 1. The summed E-state index contributed by atoms with van der Waals surface area (Å²) < 4.78 is 5.56. The van der Waals surface area contributed by atoms with Gasteiger partial charge in [-0.2, -0.15) is 0 Å². The van der Waals surface area contributed by atoms with Crippen LogP contribution in [-0.2, 0) is 4.79 Å². The molecule has 6 heteroatoms. The van der Waals surface area contributed by atoms with E-state index in [0.717, 1.165) is 11.4 Å². The minimum atomic E-state index is -1.06. The molecule has 2 aliphatic heterocycles. The molecular formula is C16H22N2O4. The molecule has 120 valence electrons. The van der Waals surface area contributed by atoms with Gasteiger partial charge in [-0.05, 0) is 25.5 Å². The van der Waals surface area contributed by atoms with Gasteiger partial charge in [0.1, 0.15) is 12.4 Å². The first kappa shape index (κ1) is 15.3. The molecule has 1 amide bonds. The van der Waals surface area contributed by atoms with Crippen molar-refractivity contribution < 1.29 is 19.7 Å². The minimum absolute atomic E-state index is 0.00973. The van der Waals surface area contributed by atoms with Crippen molar-refractivity contribution in [2.45, 2.75) is 25.0 Å². The topological polar surface area (TPSA) is 73.2 Å². The van der Waals surface area contributed by atoms with E-state index in [1.54, 1.807) is 11.8 Å². The second-order valence-corrected chi connectivity index (χ2v) is 6.22. The van der Waals surface area contributed by atoms with Crippen molar-refractivity contribution in [3.05, 3.63) is 24.3 Å². The fourth-order valence-electron chi connectivity index (χ4n) is 2.93. The Morgan fingerprint density at radius 2 is 2.18 bits per heavy atom. The second kappa shape index (κ2) is 5.87. The number of rotatable bonds is 2. The Kier molecular flexibility index (Phi) is 4.08. The van der Waals surface area contributed by atoms with Crippen LogP contribution in [0.1, 0.15) is 13.3 Å². The summed E-state index contributed by atoms with van der Waals surface area (Å²) in [4.78, 5) is 16.2. The third kappa shape index (κ3) is 2.95. The molecule has 2 N–H and O–H groups in total. The molecule has 2 heterocycles. The highest BCUT2D eigenvalue weighted by Gasteiger charge is 2.37. The zero-order valence-corrected chi connectivity index (χ0v) is 12.7. The molecule has 3 rings (SSSR count). The van der Waals surface area contributed by atoms with Gasteiger partial charge in [-0.25, -0.2) is 0 Å². The molecule has 0 aromatic heterocycles. The van der Waals surface area contributed by atoms with Crippen LogP contribution in [-0.4, -0.2) is 65.5 Å². The number of hydrogen-bond acceptors (Lipinski definition) is 5. The lowest BCUT2D eigenvalue weighted by atomic mass is 9.91. The number of piperidine rings is 1. The quantitative estimate of drug-likeness (QED) is 0.818. The average molecular weight is 306 g/mol. The molecule has 0 spiro atoms. The fraction of sp³-hybridized carbons (Fsp3) is 0.562. The van der Waals surface area contributed by atoms with Gasteiger partial charge in [-0.3, -0.25) is 9.69 Å². The average Bonchev–Trinajstić information content (AvgIpc) is 2.50. The molecule has 0 bridgehead atoms. The van der Waals surface area contributed by atoms with Crippen LogP contribution in [0.4, 0.5) is 5.69 Å². The minimum Gasteiger partial charge on any atom is -0.490 e. The number of aliphatic hydroxyl groups excluding tert-OH is 1. The van der Waals surface area contributed by atoms with E-state index in [4.69, 9.17) is 4.74 Å². The third-order valence-electron chi connectivity index (χ3n) is 4.47. The van der Waals surface area contributed by atoms with Gasteiger partial charge >= 0.3 is 0 Å². The summed E-state index contributed by atoms with van der Waals surface area (Å²) in [6, 6.07) is 7.50. The summed E-state index contributed by atoms with van der Waals surface area (Å²) in [5.74, 6) is 0.716. The summed E-state index contributed by atoms with van der Waals surface area (Å²) >= 11 is 0. The number of β-amino-alcohol motifs (C(OH)–C–C–N with tert-alkyl or cyclic N) is 1. The largest absolute Gasteiger partial charge is 0.490 e. The molecule has 6 nitrogen and oxygen atoms in total. The van der Waals surface area contributed by atoms with Gasteiger partial charge < -0.3 is 19.8 Å². The lowest BCUT2D eigenvalue weighted by molar-refractivity contribution is -0.127. The number of aliphatic hydroxyl groups is 2. The van der Waals surface area contributed by atoms with E-state index in [-0.39, 0.29) is 12.5 Å². The number of anilines is 1. The summed E-state index contributed by atoms with van der Waals surface area (Å²) in [5.41, 5.74) is -0.270. The Labute approximate surface area is 129 Å². The van der Waals surface area contributed by atoms with Crippen LogP contribution in [0.3, 0.4) is 0 Å². The Balaban J connectivity index is 1.66. The Morgan fingerprint density at radius 1 is 1.41 bits per heavy atom. The van der Waals surface area contributed by atoms with Gasteiger partial charge in [0.15, 0.2) is 0 Å². The first-order chi connectivity index (χ1) is 10.5. The van der Waals surface area contributed by atoms with Gasteiger partial charge in [0.05, 0.1) is 30.5 Å². The van der Waals surface area contributed by atoms with E-state index in [1.165, 1.54) is 0 Å². The summed E-state index contributed by atoms with van der Waals surface area (Å²) in [7, 11) is 0. The third-order valence-corrected chi connectivity index (χ3v) is 4.47. The van der Waals surface area contributed by atoms with Crippen LogP contribution in [0.25, 0.3) is 0 Å². The summed E-state index contributed by atoms with van der Waals surface area (Å²) in [6.07, 6.45) is -0.368. The predicted molar refractivity (Wildman–Crippen MR) is 82.0 cm³/mol. The Hall–Kier alpha value is -1.63. The normalized spacial score (nSPS) is 28.9. The molecule has 22 heavy (non-hydrogen) atoms. The molecule has 2 atom stereocenters. The van der Waals surface area contributed by atoms with Gasteiger partial charge in [0.2, 0.25) is 5.91 Å². The number of amides is 1. The van der Waals surface area contributed by atoms with E-state index in [0.29, 0.717) is 32.7 Å². The molecule has 1 aromatic rings. The molecule has 0 aliphatic carbocycles. The van der Waals surface area contributed by atoms with E-state index >= 15 is 0 Å². The van der Waals surface area contributed by atoms with Crippen molar-refractivity contribution in [1.29, 1.82) is 0 Å². The highest BCUT2D eigenvalue weighted by atomic mass is 16.5. The first-order valence-corrected chi connectivity index (χ1v) is 7.62. The second-order valence-electron chi connectivity index (χ2n) is 6.22. The van der Waals surface area contributed by atoms with Crippen LogP contribution < -0.4 is 9.64 Å². The number of hydrogen-bond donors (Lipinski definition) is 2. The zero-order valence-electron chi connectivity index (χ0n) is 12.7. The summed E-state index contributed by atoms with van der Waals surface area (Å²) in [6.45, 7) is 3.80. The highest BCUT2D eigenvalue weighted by Crippen LogP contribution is 2.31. The van der Waals surface area contributed by atoms with Gasteiger partial charge in [0, 0.05) is 13.1 Å². The maximum Gasteiger partial charge on any atom is 0.241 e. The standard InChI is InChI=1S/C16H22N2O4/c1-16(21)6-7-17(10-14(16)19)11-15(20)18-8-9-22-13-5-3-2-4-12(13)18/h2-5,14,19,21H,6-11H2,1H3/t14-,16+/m0/s1. The number of fused-ring (bicyclic) bond motifs is 1. The number of benzene rings is 1. The van der Waals surface area contributed by atoms with Crippen molar-refractivity contribution in [3.63, 3.8) is 0 Å². The van der Waals surface area contributed by atoms with E-state index in [1.807, 2.05) is 29.2 Å². The number of ether oxygens (including phenoxy) is 1. The van der Waals surface area contributed by atoms with Gasteiger partial charge in [0.25, 0.3) is 0 Å². The Bertz CT molecular complexity index is 561. The SMILES string of the molecule is C[C@@]1(O)CCN(CC(=O)N2CCOc3ccccc32)C[C@@H]1O. The zero-order chi connectivity index (χ0) is 15.7. The molecule has 2 aliphatic rings. The first-order valence-electron chi connectivity index (χ1n) is 7.62. The monoisotopic (exact) mass is 306 g/mol. The molecule has 1 fully saturated rings. The number of carbonyl (C=O) groups is 1. The lowest BCUT2D eigenvalue weighted by Gasteiger charge is -2.40. The van der Waals surface area contributed by atoms with Crippen LogP contribution >= 0.6 is 0 Å². The van der Waals surface area contributed by atoms with Crippen molar-refractivity contribution in [2.24, 2.45) is 0 Å². The molecular weight excluding hydrogens is 284 g/mol. The fourth-order valence-corrected chi connectivity index (χ4v) is 2.93. The lowest BCUT2D eigenvalue weighted by Crippen LogP contribution is -2.56. The van der Waals surface area contributed by atoms with Crippen LogP contribution in [0.2, 0.25) is 0 Å². The molecule has 1 aromatic carbocycles. The number of para-hydroxylation sites is 2. The number of nitrogens with zero attached hydrogens (tertiary/aromatic N) is 2. The van der Waals surface area contributed by atoms with Crippen molar-refractivity contribution in [1.82, 2.24) is 4.90 Å². The van der Waals surface area contributed by atoms with E-state index in [2.05, 4.69) is 0 Å². The maximum atomic E-state index is 12.6. The summed E-state index contributed by atoms with van der Waals surface area (Å²) in [5, 5.41) is 19.9. The Morgan fingerprint density at radius 3 is 2.95 bits per heavy atom.